The van der Waals surface area contributed by atoms with Gasteiger partial charge in [-0.05, 0) is 43.7 Å². The zero-order valence-corrected chi connectivity index (χ0v) is 12.8. The topological polar surface area (TPSA) is 54.0 Å². The Bertz CT molecular complexity index is 630. The van der Waals surface area contributed by atoms with E-state index in [2.05, 4.69) is 15.6 Å². The highest BCUT2D eigenvalue weighted by Gasteiger charge is 2.13. The lowest BCUT2D eigenvalue weighted by Gasteiger charge is -2.14. The minimum absolute atomic E-state index is 0.138. The molecule has 0 spiro atoms. The van der Waals surface area contributed by atoms with Crippen LogP contribution >= 0.6 is 11.6 Å². The van der Waals surface area contributed by atoms with Gasteiger partial charge in [0.05, 0.1) is 6.04 Å². The molecule has 1 unspecified atom stereocenters. The van der Waals surface area contributed by atoms with Gasteiger partial charge in [0.25, 0.3) is 5.91 Å². The molecule has 0 aliphatic heterocycles. The Kier molecular flexibility index (Phi) is 5.17. The van der Waals surface area contributed by atoms with E-state index in [4.69, 9.17) is 11.6 Å². The summed E-state index contributed by atoms with van der Waals surface area (Å²) in [6, 6.07) is 12.6. The number of hydrogen-bond acceptors (Lipinski definition) is 3. The minimum atomic E-state index is -0.206. The van der Waals surface area contributed by atoms with Gasteiger partial charge in [-0.15, -0.1) is 0 Å². The van der Waals surface area contributed by atoms with Crippen LogP contribution in [0.1, 0.15) is 35.9 Å². The van der Waals surface area contributed by atoms with E-state index in [1.54, 1.807) is 12.1 Å². The lowest BCUT2D eigenvalue weighted by molar-refractivity contribution is 0.0935. The summed E-state index contributed by atoms with van der Waals surface area (Å²) in [4.78, 5) is 16.5. The monoisotopic (exact) mass is 303 g/mol. The summed E-state index contributed by atoms with van der Waals surface area (Å²) in [7, 11) is 0. The number of hydrogen-bond donors (Lipinski definition) is 2. The summed E-state index contributed by atoms with van der Waals surface area (Å²) in [5.74, 6) is 0.489. The Morgan fingerprint density at radius 2 is 2.05 bits per heavy atom. The molecule has 0 bridgehead atoms. The van der Waals surface area contributed by atoms with E-state index in [-0.39, 0.29) is 11.9 Å². The van der Waals surface area contributed by atoms with E-state index in [0.29, 0.717) is 16.5 Å². The van der Waals surface area contributed by atoms with E-state index in [0.717, 1.165) is 12.1 Å². The van der Waals surface area contributed by atoms with Crippen molar-refractivity contribution in [2.24, 2.45) is 0 Å². The molecule has 1 atom stereocenters. The van der Waals surface area contributed by atoms with Gasteiger partial charge in [-0.25, -0.2) is 4.98 Å². The standard InChI is InChI=1S/C16H18ClN3O/c1-3-18-15-9-5-8-14(20-15)16(21)19-11(2)12-6-4-7-13(17)10-12/h4-11H,3H2,1-2H3,(H,18,20)(H,19,21). The molecule has 0 fully saturated rings. The molecule has 4 nitrogen and oxygen atoms in total. The first-order valence-electron chi connectivity index (χ1n) is 6.87. The van der Waals surface area contributed by atoms with Gasteiger partial charge in [0.2, 0.25) is 0 Å². The SMILES string of the molecule is CCNc1cccc(C(=O)NC(C)c2cccc(Cl)c2)n1. The Morgan fingerprint density at radius 1 is 1.29 bits per heavy atom. The van der Waals surface area contributed by atoms with Crippen LogP contribution in [0.15, 0.2) is 42.5 Å². The van der Waals surface area contributed by atoms with E-state index in [9.17, 15) is 4.79 Å². The van der Waals surface area contributed by atoms with E-state index < -0.39 is 0 Å². The second-order valence-electron chi connectivity index (χ2n) is 4.69. The van der Waals surface area contributed by atoms with Crippen molar-refractivity contribution in [3.63, 3.8) is 0 Å². The first-order valence-corrected chi connectivity index (χ1v) is 7.25. The largest absolute Gasteiger partial charge is 0.370 e. The minimum Gasteiger partial charge on any atom is -0.370 e. The number of nitrogens with one attached hydrogen (secondary N) is 2. The highest BCUT2D eigenvalue weighted by molar-refractivity contribution is 6.30. The maximum Gasteiger partial charge on any atom is 0.270 e. The van der Waals surface area contributed by atoms with Gasteiger partial charge in [0, 0.05) is 11.6 Å². The quantitative estimate of drug-likeness (QED) is 0.886. The fourth-order valence-electron chi connectivity index (χ4n) is 1.97. The fourth-order valence-corrected chi connectivity index (χ4v) is 2.17. The van der Waals surface area contributed by atoms with Gasteiger partial charge in [-0.1, -0.05) is 29.8 Å². The third kappa shape index (κ3) is 4.20. The number of carbonyl (C=O) groups excluding carboxylic acids is 1. The lowest BCUT2D eigenvalue weighted by atomic mass is 10.1. The van der Waals surface area contributed by atoms with Crippen molar-refractivity contribution in [3.05, 3.63) is 58.7 Å². The molecule has 0 aliphatic rings. The molecule has 0 aliphatic carbocycles. The summed E-state index contributed by atoms with van der Waals surface area (Å²) in [5, 5.41) is 6.66. The second-order valence-corrected chi connectivity index (χ2v) is 5.12. The van der Waals surface area contributed by atoms with Crippen LogP contribution in [-0.4, -0.2) is 17.4 Å². The summed E-state index contributed by atoms with van der Waals surface area (Å²) in [6.45, 7) is 4.66. The number of nitrogens with zero attached hydrogens (tertiary/aromatic N) is 1. The van der Waals surface area contributed by atoms with Crippen LogP contribution in [-0.2, 0) is 0 Å². The normalized spacial score (nSPS) is 11.8. The van der Waals surface area contributed by atoms with Crippen molar-refractivity contribution in [1.82, 2.24) is 10.3 Å². The van der Waals surface area contributed by atoms with Crippen molar-refractivity contribution in [1.29, 1.82) is 0 Å². The molecule has 110 valence electrons. The summed E-state index contributed by atoms with van der Waals surface area (Å²) in [6.07, 6.45) is 0. The molecule has 2 N–H and O–H groups in total. The van der Waals surface area contributed by atoms with Crippen molar-refractivity contribution >= 4 is 23.3 Å². The third-order valence-electron chi connectivity index (χ3n) is 3.04. The van der Waals surface area contributed by atoms with Crippen LogP contribution in [0, 0.1) is 0 Å². The fraction of sp³-hybridized carbons (Fsp3) is 0.250. The van der Waals surface area contributed by atoms with Crippen LogP contribution in [0.4, 0.5) is 5.82 Å². The molecule has 2 aromatic rings. The molecule has 1 aromatic heterocycles. The van der Waals surface area contributed by atoms with Gasteiger partial charge in [-0.3, -0.25) is 4.79 Å². The number of aromatic nitrogens is 1. The molecule has 1 amide bonds. The Hall–Kier alpha value is -2.07. The molecule has 5 heteroatoms. The number of benzene rings is 1. The van der Waals surface area contributed by atoms with Crippen molar-refractivity contribution in [2.45, 2.75) is 19.9 Å². The smallest absolute Gasteiger partial charge is 0.270 e. The first-order chi connectivity index (χ1) is 10.1. The van der Waals surface area contributed by atoms with Gasteiger partial charge in [-0.2, -0.15) is 0 Å². The number of amides is 1. The maximum absolute atomic E-state index is 12.2. The van der Waals surface area contributed by atoms with Crippen LogP contribution < -0.4 is 10.6 Å². The number of anilines is 1. The molecule has 0 radical (unpaired) electrons. The van der Waals surface area contributed by atoms with E-state index in [1.807, 2.05) is 44.2 Å². The predicted octanol–water partition coefficient (Wildman–Crippen LogP) is 3.66. The van der Waals surface area contributed by atoms with Crippen LogP contribution in [0.5, 0.6) is 0 Å². The number of carbonyl (C=O) groups is 1. The van der Waals surface area contributed by atoms with Crippen LogP contribution in [0.3, 0.4) is 0 Å². The summed E-state index contributed by atoms with van der Waals surface area (Å²) < 4.78 is 0. The van der Waals surface area contributed by atoms with Crippen LogP contribution in [0.2, 0.25) is 5.02 Å². The molecule has 0 saturated carbocycles. The zero-order chi connectivity index (χ0) is 15.2. The van der Waals surface area contributed by atoms with Gasteiger partial charge in [0.1, 0.15) is 11.5 Å². The molecule has 1 aromatic carbocycles. The third-order valence-corrected chi connectivity index (χ3v) is 3.27. The van der Waals surface area contributed by atoms with E-state index in [1.165, 1.54) is 0 Å². The molecule has 21 heavy (non-hydrogen) atoms. The average molecular weight is 304 g/mol. The Balaban J connectivity index is 2.08. The first kappa shape index (κ1) is 15.3. The second kappa shape index (κ2) is 7.09. The lowest BCUT2D eigenvalue weighted by Crippen LogP contribution is -2.27. The predicted molar refractivity (Wildman–Crippen MR) is 85.7 cm³/mol. The van der Waals surface area contributed by atoms with Crippen molar-refractivity contribution < 1.29 is 4.79 Å². The van der Waals surface area contributed by atoms with Gasteiger partial charge < -0.3 is 10.6 Å². The maximum atomic E-state index is 12.2. The number of pyridine rings is 1. The van der Waals surface area contributed by atoms with Crippen molar-refractivity contribution in [3.8, 4) is 0 Å². The zero-order valence-electron chi connectivity index (χ0n) is 12.1. The molecule has 2 rings (SSSR count). The molecule has 1 heterocycles. The van der Waals surface area contributed by atoms with E-state index >= 15 is 0 Å². The number of halogens is 1. The average Bonchev–Trinajstić information content (AvgIpc) is 2.48. The highest BCUT2D eigenvalue weighted by atomic mass is 35.5. The van der Waals surface area contributed by atoms with Crippen LogP contribution in [0.25, 0.3) is 0 Å². The highest BCUT2D eigenvalue weighted by Crippen LogP contribution is 2.17. The summed E-state index contributed by atoms with van der Waals surface area (Å²) in [5.41, 5.74) is 1.35. The van der Waals surface area contributed by atoms with Gasteiger partial charge >= 0.3 is 0 Å². The Morgan fingerprint density at radius 3 is 2.76 bits per heavy atom. The molecular weight excluding hydrogens is 286 g/mol. The van der Waals surface area contributed by atoms with Crippen molar-refractivity contribution in [2.75, 3.05) is 11.9 Å². The summed E-state index contributed by atoms with van der Waals surface area (Å²) >= 11 is 5.96. The van der Waals surface area contributed by atoms with Gasteiger partial charge in [0.15, 0.2) is 0 Å². The molecule has 0 saturated heterocycles. The Labute approximate surface area is 129 Å². The molecular formula is C16H18ClN3O. The number of rotatable bonds is 5.